The smallest absolute Gasteiger partial charge is 0.254 e. The summed E-state index contributed by atoms with van der Waals surface area (Å²) in [6, 6.07) is 18.5. The minimum absolute atomic E-state index is 0.124. The van der Waals surface area contributed by atoms with Gasteiger partial charge in [-0.2, -0.15) is 4.99 Å². The molecule has 1 amide bonds. The monoisotopic (exact) mass is 458 g/mol. The highest BCUT2D eigenvalue weighted by Crippen LogP contribution is 2.60. The standard InChI is InChI=1S/C28H30N2O2S/c1-30-24(21-8-10-23(32-2)11-9-21)25(22-6-4-3-5-7-22)33-27(30)29-26(31)28-15-18-12-19(16-28)14-20(13-18)17-28/h3-11,18-20H,12-17H2,1-2H3. The van der Waals surface area contributed by atoms with Crippen molar-refractivity contribution < 1.29 is 9.53 Å². The van der Waals surface area contributed by atoms with Crippen LogP contribution in [-0.4, -0.2) is 17.6 Å². The predicted octanol–water partition coefficient (Wildman–Crippen LogP) is 6.07. The van der Waals surface area contributed by atoms with Gasteiger partial charge in [0.2, 0.25) is 0 Å². The summed E-state index contributed by atoms with van der Waals surface area (Å²) in [6.07, 6.45) is 7.14. The van der Waals surface area contributed by atoms with Gasteiger partial charge in [0, 0.05) is 7.05 Å². The number of nitrogens with zero attached hydrogens (tertiary/aromatic N) is 2. The van der Waals surface area contributed by atoms with Crippen molar-refractivity contribution in [3.8, 4) is 27.4 Å². The number of thiazole rings is 1. The second kappa shape index (κ2) is 7.98. The quantitative estimate of drug-likeness (QED) is 0.476. The lowest BCUT2D eigenvalue weighted by Crippen LogP contribution is -2.49. The highest BCUT2D eigenvalue weighted by atomic mass is 32.1. The van der Waals surface area contributed by atoms with Gasteiger partial charge >= 0.3 is 0 Å². The van der Waals surface area contributed by atoms with Gasteiger partial charge in [-0.3, -0.25) is 4.79 Å². The Morgan fingerprint density at radius 1 is 0.939 bits per heavy atom. The Hall–Kier alpha value is -2.66. The summed E-state index contributed by atoms with van der Waals surface area (Å²) in [5.41, 5.74) is 3.12. The average Bonchev–Trinajstić information content (AvgIpc) is 3.14. The first-order valence-corrected chi connectivity index (χ1v) is 12.8. The normalized spacial score (nSPS) is 28.3. The van der Waals surface area contributed by atoms with Crippen LogP contribution < -0.4 is 9.54 Å². The Bertz CT molecular complexity index is 1220. The molecular weight excluding hydrogens is 428 g/mol. The molecule has 1 aromatic heterocycles. The van der Waals surface area contributed by atoms with E-state index in [9.17, 15) is 4.79 Å². The van der Waals surface area contributed by atoms with E-state index in [2.05, 4.69) is 41.0 Å². The first-order chi connectivity index (χ1) is 16.0. The first-order valence-electron chi connectivity index (χ1n) is 12.0. The number of aromatic nitrogens is 1. The maximum atomic E-state index is 13.7. The van der Waals surface area contributed by atoms with E-state index in [0.717, 1.165) is 69.3 Å². The summed E-state index contributed by atoms with van der Waals surface area (Å²) >= 11 is 1.62. The van der Waals surface area contributed by atoms with Gasteiger partial charge in [0.05, 0.1) is 23.1 Å². The number of hydrogen-bond donors (Lipinski definition) is 0. The Labute approximate surface area is 199 Å². The molecule has 4 bridgehead atoms. The summed E-state index contributed by atoms with van der Waals surface area (Å²) in [4.78, 5) is 20.5. The molecule has 0 radical (unpaired) electrons. The van der Waals surface area contributed by atoms with Crippen molar-refractivity contribution in [1.82, 2.24) is 4.57 Å². The average molecular weight is 459 g/mol. The third kappa shape index (κ3) is 3.57. The minimum atomic E-state index is -0.209. The van der Waals surface area contributed by atoms with E-state index in [-0.39, 0.29) is 11.3 Å². The topological polar surface area (TPSA) is 43.6 Å². The molecule has 3 aromatic rings. The van der Waals surface area contributed by atoms with Gasteiger partial charge in [-0.15, -0.1) is 0 Å². The summed E-state index contributed by atoms with van der Waals surface area (Å²) in [5, 5.41) is 0. The summed E-state index contributed by atoms with van der Waals surface area (Å²) in [6.45, 7) is 0. The molecule has 4 fully saturated rings. The van der Waals surface area contributed by atoms with Crippen LogP contribution >= 0.6 is 11.3 Å². The summed E-state index contributed by atoms with van der Waals surface area (Å²) in [5.74, 6) is 3.17. The Morgan fingerprint density at radius 3 is 2.12 bits per heavy atom. The number of hydrogen-bond acceptors (Lipinski definition) is 3. The zero-order chi connectivity index (χ0) is 22.6. The van der Waals surface area contributed by atoms with Gasteiger partial charge in [0.15, 0.2) is 4.80 Å². The SMILES string of the molecule is COc1ccc(-c2c(-c3ccccc3)sc(=NC(=O)C34CC5CC(CC(C5)C3)C4)n2C)cc1. The first kappa shape index (κ1) is 20.9. The van der Waals surface area contributed by atoms with Gasteiger partial charge < -0.3 is 9.30 Å². The Kier molecular flexibility index (Phi) is 5.06. The second-order valence-electron chi connectivity index (χ2n) is 10.3. The molecule has 1 heterocycles. The van der Waals surface area contributed by atoms with Crippen molar-refractivity contribution in [1.29, 1.82) is 0 Å². The fourth-order valence-corrected chi connectivity index (χ4v) is 8.14. The fraction of sp³-hybridized carbons (Fsp3) is 0.429. The zero-order valence-corrected chi connectivity index (χ0v) is 20.1. The highest BCUT2D eigenvalue weighted by Gasteiger charge is 2.54. The number of carbonyl (C=O) groups excluding carboxylic acids is 1. The van der Waals surface area contributed by atoms with E-state index in [4.69, 9.17) is 9.73 Å². The molecule has 0 atom stereocenters. The van der Waals surface area contributed by atoms with Crippen LogP contribution in [0.25, 0.3) is 21.7 Å². The number of carbonyl (C=O) groups is 1. The molecule has 0 unspecified atom stereocenters. The molecule has 0 saturated heterocycles. The van der Waals surface area contributed by atoms with Gasteiger partial charge in [-0.1, -0.05) is 41.7 Å². The molecule has 5 heteroatoms. The molecular formula is C28H30N2O2S. The van der Waals surface area contributed by atoms with Crippen molar-refractivity contribution in [3.05, 3.63) is 59.4 Å². The van der Waals surface area contributed by atoms with Crippen LogP contribution in [-0.2, 0) is 11.8 Å². The molecule has 7 rings (SSSR count). The van der Waals surface area contributed by atoms with Crippen LogP contribution in [0.15, 0.2) is 59.6 Å². The van der Waals surface area contributed by atoms with Crippen molar-refractivity contribution in [2.75, 3.05) is 7.11 Å². The number of amides is 1. The van der Waals surface area contributed by atoms with Gasteiger partial charge in [0.1, 0.15) is 5.75 Å². The van der Waals surface area contributed by atoms with Crippen LogP contribution in [0.3, 0.4) is 0 Å². The van der Waals surface area contributed by atoms with Crippen molar-refractivity contribution >= 4 is 17.2 Å². The van der Waals surface area contributed by atoms with Crippen LogP contribution in [0.4, 0.5) is 0 Å². The van der Waals surface area contributed by atoms with E-state index in [1.807, 2.05) is 25.2 Å². The van der Waals surface area contributed by atoms with Gasteiger partial charge in [-0.25, -0.2) is 0 Å². The lowest BCUT2D eigenvalue weighted by atomic mass is 9.49. The largest absolute Gasteiger partial charge is 0.497 e. The molecule has 4 aliphatic carbocycles. The fourth-order valence-electron chi connectivity index (χ4n) is 6.99. The molecule has 0 aliphatic heterocycles. The van der Waals surface area contributed by atoms with E-state index < -0.39 is 0 Å². The highest BCUT2D eigenvalue weighted by molar-refractivity contribution is 7.13. The van der Waals surface area contributed by atoms with Crippen LogP contribution in [0.5, 0.6) is 5.75 Å². The third-order valence-electron chi connectivity index (χ3n) is 8.12. The van der Waals surface area contributed by atoms with E-state index in [1.165, 1.54) is 19.3 Å². The van der Waals surface area contributed by atoms with E-state index >= 15 is 0 Å². The van der Waals surface area contributed by atoms with E-state index in [0.29, 0.717) is 0 Å². The molecule has 2 aromatic carbocycles. The Morgan fingerprint density at radius 2 is 1.55 bits per heavy atom. The lowest BCUT2D eigenvalue weighted by Gasteiger charge is -2.55. The molecule has 0 N–H and O–H groups in total. The lowest BCUT2D eigenvalue weighted by molar-refractivity contribution is -0.142. The molecule has 4 nitrogen and oxygen atoms in total. The summed E-state index contributed by atoms with van der Waals surface area (Å²) in [7, 11) is 3.72. The number of methoxy groups -OCH3 is 1. The molecule has 4 saturated carbocycles. The predicted molar refractivity (Wildman–Crippen MR) is 132 cm³/mol. The van der Waals surface area contributed by atoms with Gasteiger partial charge in [-0.05, 0) is 91.7 Å². The van der Waals surface area contributed by atoms with Crippen LogP contribution in [0.2, 0.25) is 0 Å². The molecule has 0 spiro atoms. The maximum Gasteiger partial charge on any atom is 0.254 e. The van der Waals surface area contributed by atoms with Crippen LogP contribution in [0, 0.1) is 23.2 Å². The van der Waals surface area contributed by atoms with Crippen molar-refractivity contribution in [3.63, 3.8) is 0 Å². The Balaban J connectivity index is 1.45. The maximum absolute atomic E-state index is 13.7. The second-order valence-corrected chi connectivity index (χ2v) is 11.3. The molecule has 33 heavy (non-hydrogen) atoms. The number of rotatable bonds is 4. The minimum Gasteiger partial charge on any atom is -0.497 e. The molecule has 170 valence electrons. The molecule has 4 aliphatic rings. The van der Waals surface area contributed by atoms with Crippen LogP contribution in [0.1, 0.15) is 38.5 Å². The summed E-state index contributed by atoms with van der Waals surface area (Å²) < 4.78 is 7.46. The zero-order valence-electron chi connectivity index (χ0n) is 19.3. The van der Waals surface area contributed by atoms with E-state index in [1.54, 1.807) is 18.4 Å². The van der Waals surface area contributed by atoms with Crippen molar-refractivity contribution in [2.24, 2.45) is 35.2 Å². The van der Waals surface area contributed by atoms with Gasteiger partial charge in [0.25, 0.3) is 5.91 Å². The number of benzene rings is 2. The third-order valence-corrected chi connectivity index (χ3v) is 9.30. The number of ether oxygens (including phenoxy) is 1. The van der Waals surface area contributed by atoms with Crippen molar-refractivity contribution in [2.45, 2.75) is 38.5 Å².